The van der Waals surface area contributed by atoms with Crippen molar-refractivity contribution in [1.29, 1.82) is 0 Å². The van der Waals surface area contributed by atoms with Gasteiger partial charge in [-0.3, -0.25) is 14.9 Å². The Labute approximate surface area is 193 Å². The van der Waals surface area contributed by atoms with Gasteiger partial charge in [-0.25, -0.2) is 0 Å². The number of nitro groups is 1. The molecule has 3 aromatic rings. The van der Waals surface area contributed by atoms with Crippen LogP contribution in [-0.4, -0.2) is 45.3 Å². The third kappa shape index (κ3) is 5.51. The maximum atomic E-state index is 12.5. The van der Waals surface area contributed by atoms with Gasteiger partial charge in [0.1, 0.15) is 11.5 Å². The fraction of sp³-hybridized carbons (Fsp3) is 0.238. The molecule has 2 heterocycles. The summed E-state index contributed by atoms with van der Waals surface area (Å²) in [7, 11) is 0. The van der Waals surface area contributed by atoms with E-state index in [1.54, 1.807) is 0 Å². The summed E-state index contributed by atoms with van der Waals surface area (Å²) in [5, 5.41) is 41.0. The Morgan fingerprint density at radius 3 is 2.55 bits per heavy atom. The van der Waals surface area contributed by atoms with Crippen molar-refractivity contribution in [3.8, 4) is 34.3 Å². The monoisotopic (exact) mass is 476 g/mol. The second kappa shape index (κ2) is 10.2. The lowest BCUT2D eigenvalue weighted by atomic mass is 10.1. The van der Waals surface area contributed by atoms with Gasteiger partial charge in [0.15, 0.2) is 23.0 Å². The Hall–Kier alpha value is -3.83. The minimum Gasteiger partial charge on any atom is -0.508 e. The third-order valence-corrected chi connectivity index (χ3v) is 5.00. The highest BCUT2D eigenvalue weighted by molar-refractivity contribution is 5.93. The summed E-state index contributed by atoms with van der Waals surface area (Å²) in [6, 6.07) is 9.02. The van der Waals surface area contributed by atoms with E-state index in [2.05, 4.69) is 15.8 Å². The number of aromatic nitrogens is 1. The number of nitro benzene ring substituents is 1. The summed E-state index contributed by atoms with van der Waals surface area (Å²) >= 11 is 0. The average molecular weight is 477 g/mol. The van der Waals surface area contributed by atoms with Crippen LogP contribution in [0.1, 0.15) is 23.3 Å². The van der Waals surface area contributed by atoms with E-state index >= 15 is 0 Å². The summed E-state index contributed by atoms with van der Waals surface area (Å²) < 4.78 is 11.0. The van der Waals surface area contributed by atoms with Crippen molar-refractivity contribution in [1.82, 2.24) is 15.8 Å². The molecule has 4 rings (SSSR count). The van der Waals surface area contributed by atoms with E-state index in [4.69, 9.17) is 9.26 Å². The highest BCUT2D eigenvalue weighted by atomic mass is 35.5. The molecule has 4 N–H and O–H groups in total. The molecule has 1 saturated heterocycles. The Kier molecular flexibility index (Phi) is 7.36. The largest absolute Gasteiger partial charge is 0.508 e. The molecule has 1 aliphatic heterocycles. The molecule has 0 unspecified atom stereocenters. The molecule has 1 aromatic heterocycles. The van der Waals surface area contributed by atoms with Crippen LogP contribution < -0.4 is 15.4 Å². The van der Waals surface area contributed by atoms with Crippen LogP contribution in [0.15, 0.2) is 47.0 Å². The molecule has 12 heteroatoms. The molecule has 1 amide bonds. The van der Waals surface area contributed by atoms with Crippen molar-refractivity contribution in [3.05, 3.63) is 58.3 Å². The van der Waals surface area contributed by atoms with Gasteiger partial charge in [-0.15, -0.1) is 12.4 Å². The van der Waals surface area contributed by atoms with Gasteiger partial charge in [0.2, 0.25) is 0 Å². The molecule has 1 aliphatic rings. The number of halogens is 1. The maximum Gasteiger partial charge on any atom is 0.273 e. The lowest BCUT2D eigenvalue weighted by Crippen LogP contribution is -2.42. The lowest BCUT2D eigenvalue weighted by molar-refractivity contribution is -0.384. The van der Waals surface area contributed by atoms with Crippen LogP contribution in [0.25, 0.3) is 11.3 Å². The minimum atomic E-state index is -0.543. The van der Waals surface area contributed by atoms with Crippen LogP contribution in [0.2, 0.25) is 0 Å². The van der Waals surface area contributed by atoms with Gasteiger partial charge in [0, 0.05) is 30.3 Å². The van der Waals surface area contributed by atoms with Crippen molar-refractivity contribution in [3.63, 3.8) is 0 Å². The molecule has 0 atom stereocenters. The Bertz CT molecular complexity index is 1140. The van der Waals surface area contributed by atoms with Gasteiger partial charge in [-0.2, -0.15) is 0 Å². The summed E-state index contributed by atoms with van der Waals surface area (Å²) in [5.41, 5.74) is 0.0732. The van der Waals surface area contributed by atoms with Crippen LogP contribution in [0, 0.1) is 10.1 Å². The number of nitrogens with one attached hydrogen (secondary N) is 2. The van der Waals surface area contributed by atoms with E-state index in [1.165, 1.54) is 36.4 Å². The number of rotatable bonds is 6. The number of hydrogen-bond acceptors (Lipinski definition) is 9. The van der Waals surface area contributed by atoms with E-state index in [9.17, 15) is 25.1 Å². The highest BCUT2D eigenvalue weighted by Gasteiger charge is 2.23. The van der Waals surface area contributed by atoms with Gasteiger partial charge in [0.05, 0.1) is 10.5 Å². The number of amides is 1. The molecule has 0 radical (unpaired) electrons. The van der Waals surface area contributed by atoms with Gasteiger partial charge in [-0.05, 0) is 44.1 Å². The normalized spacial score (nSPS) is 13.7. The molecule has 0 aliphatic carbocycles. The van der Waals surface area contributed by atoms with Crippen LogP contribution in [0.3, 0.4) is 0 Å². The highest BCUT2D eigenvalue weighted by Crippen LogP contribution is 2.43. The molecular weight excluding hydrogens is 456 g/mol. The zero-order chi connectivity index (χ0) is 22.7. The summed E-state index contributed by atoms with van der Waals surface area (Å²) in [6.45, 7) is 1.64. The molecule has 33 heavy (non-hydrogen) atoms. The Morgan fingerprint density at radius 1 is 1.18 bits per heavy atom. The maximum absolute atomic E-state index is 12.5. The summed E-state index contributed by atoms with van der Waals surface area (Å²) in [4.78, 5) is 22.8. The van der Waals surface area contributed by atoms with Gasteiger partial charge >= 0.3 is 0 Å². The van der Waals surface area contributed by atoms with Gasteiger partial charge in [0.25, 0.3) is 11.6 Å². The standard InChI is InChI=1S/C21H20N4O7.ClH/c26-14-9-16(19-11-17(24-32-19)21(28)23-12-5-7-22-8-6-12)20(18(27)10-14)31-15-3-1-13(2-4-15)25(29)30;/h1-4,9-12,22,26-27H,5-8H2,(H,23,28);1H. The molecule has 2 aromatic carbocycles. The van der Waals surface area contributed by atoms with Crippen molar-refractivity contribution in [2.45, 2.75) is 18.9 Å². The number of carbonyl (C=O) groups is 1. The molecule has 174 valence electrons. The first-order chi connectivity index (χ1) is 15.4. The SMILES string of the molecule is Cl.O=C(NC1CCNCC1)c1cc(-c2cc(O)cc(O)c2Oc2ccc([N+](=O)[O-])cc2)on1. The smallest absolute Gasteiger partial charge is 0.273 e. The molecule has 0 bridgehead atoms. The number of piperidine rings is 1. The Balaban J connectivity index is 0.00000306. The van der Waals surface area contributed by atoms with Gasteiger partial charge < -0.3 is 30.1 Å². The van der Waals surface area contributed by atoms with Gasteiger partial charge in [-0.1, -0.05) is 5.16 Å². The number of phenolic OH excluding ortho intramolecular Hbond substituents is 2. The summed E-state index contributed by atoms with van der Waals surface area (Å²) in [6.07, 6.45) is 1.62. The van der Waals surface area contributed by atoms with Crippen molar-refractivity contribution < 1.29 is 29.2 Å². The molecule has 0 spiro atoms. The summed E-state index contributed by atoms with van der Waals surface area (Å²) in [5.74, 6) is -0.821. The number of nitrogens with zero attached hydrogens (tertiary/aromatic N) is 2. The predicted molar refractivity (Wildman–Crippen MR) is 119 cm³/mol. The number of benzene rings is 2. The van der Waals surface area contributed by atoms with Crippen LogP contribution in [0.4, 0.5) is 5.69 Å². The number of aromatic hydroxyl groups is 2. The fourth-order valence-corrected chi connectivity index (χ4v) is 3.38. The van der Waals surface area contributed by atoms with E-state index in [-0.39, 0.29) is 58.4 Å². The zero-order valence-electron chi connectivity index (χ0n) is 17.2. The molecular formula is C21H21ClN4O7. The first-order valence-corrected chi connectivity index (χ1v) is 9.87. The first kappa shape index (κ1) is 23.8. The lowest BCUT2D eigenvalue weighted by Gasteiger charge is -2.23. The number of non-ortho nitro benzene ring substituents is 1. The third-order valence-electron chi connectivity index (χ3n) is 5.00. The van der Waals surface area contributed by atoms with Crippen molar-refractivity contribution in [2.24, 2.45) is 0 Å². The number of ether oxygens (including phenoxy) is 1. The van der Waals surface area contributed by atoms with Crippen molar-refractivity contribution >= 4 is 24.0 Å². The van der Waals surface area contributed by atoms with Crippen molar-refractivity contribution in [2.75, 3.05) is 13.1 Å². The number of carbonyl (C=O) groups excluding carboxylic acids is 1. The first-order valence-electron chi connectivity index (χ1n) is 9.87. The topological polar surface area (TPSA) is 160 Å². The quantitative estimate of drug-likeness (QED) is 0.309. The van der Waals surface area contributed by atoms with E-state index in [1.807, 2.05) is 0 Å². The van der Waals surface area contributed by atoms with Crippen LogP contribution in [-0.2, 0) is 0 Å². The second-order valence-corrected chi connectivity index (χ2v) is 7.27. The van der Waals surface area contributed by atoms with E-state index < -0.39 is 16.6 Å². The number of phenols is 2. The predicted octanol–water partition coefficient (Wildman–Crippen LogP) is 3.36. The minimum absolute atomic E-state index is 0. The molecule has 0 saturated carbocycles. The average Bonchev–Trinajstić information content (AvgIpc) is 3.27. The van der Waals surface area contributed by atoms with E-state index in [0.29, 0.717) is 0 Å². The zero-order valence-corrected chi connectivity index (χ0v) is 18.0. The second-order valence-electron chi connectivity index (χ2n) is 7.27. The fourth-order valence-electron chi connectivity index (χ4n) is 3.38. The molecule has 1 fully saturated rings. The van der Waals surface area contributed by atoms with Crippen LogP contribution in [0.5, 0.6) is 23.0 Å². The van der Waals surface area contributed by atoms with Crippen LogP contribution >= 0.6 is 12.4 Å². The Morgan fingerprint density at radius 2 is 1.88 bits per heavy atom. The number of hydrogen-bond donors (Lipinski definition) is 4. The van der Waals surface area contributed by atoms with E-state index in [0.717, 1.165) is 32.0 Å². The molecule has 11 nitrogen and oxygen atoms in total.